The molecule has 3 aromatic rings. The van der Waals surface area contributed by atoms with Crippen molar-refractivity contribution in [2.75, 3.05) is 0 Å². The molecule has 0 spiro atoms. The number of nitrogens with zero attached hydrogens (tertiary/aromatic N) is 2. The van der Waals surface area contributed by atoms with Crippen LogP contribution in [-0.2, 0) is 13.1 Å². The molecule has 0 bridgehead atoms. The molecule has 0 aliphatic carbocycles. The third-order valence-corrected chi connectivity index (χ3v) is 3.36. The highest BCUT2D eigenvalue weighted by Crippen LogP contribution is 2.19. The van der Waals surface area contributed by atoms with E-state index < -0.39 is 0 Å². The minimum atomic E-state index is 0.586. The van der Waals surface area contributed by atoms with E-state index in [2.05, 4.69) is 53.0 Å². The van der Waals surface area contributed by atoms with Crippen molar-refractivity contribution in [1.29, 1.82) is 0 Å². The Bertz CT molecular complexity index is 713. The van der Waals surface area contributed by atoms with Gasteiger partial charge < -0.3 is 10.3 Å². The molecule has 3 rings (SSSR count). The van der Waals surface area contributed by atoms with Gasteiger partial charge in [0.25, 0.3) is 0 Å². The minimum Gasteiger partial charge on any atom is -0.343 e. The van der Waals surface area contributed by atoms with Gasteiger partial charge in [0.05, 0.1) is 0 Å². The van der Waals surface area contributed by atoms with Crippen LogP contribution < -0.4 is 5.73 Å². The van der Waals surface area contributed by atoms with Crippen LogP contribution in [0.15, 0.2) is 48.9 Å². The molecule has 0 fully saturated rings. The van der Waals surface area contributed by atoms with E-state index in [1.54, 1.807) is 0 Å². The lowest BCUT2D eigenvalue weighted by Crippen LogP contribution is -1.99. The number of hydrogen-bond donors (Lipinski definition) is 1. The van der Waals surface area contributed by atoms with Crippen LogP contribution in [0.5, 0.6) is 0 Å². The summed E-state index contributed by atoms with van der Waals surface area (Å²) in [5.41, 5.74) is 10.5. The topological polar surface area (TPSA) is 43.8 Å². The highest BCUT2D eigenvalue weighted by molar-refractivity contribution is 5.81. The Morgan fingerprint density at radius 3 is 2.79 bits per heavy atom. The predicted octanol–water partition coefficient (Wildman–Crippen LogP) is 2.85. The highest BCUT2D eigenvalue weighted by atomic mass is 15.0. The summed E-state index contributed by atoms with van der Waals surface area (Å²) >= 11 is 0. The van der Waals surface area contributed by atoms with Crippen LogP contribution in [-0.4, -0.2) is 9.55 Å². The molecule has 0 amide bonds. The van der Waals surface area contributed by atoms with Gasteiger partial charge in [-0.3, -0.25) is 4.98 Å². The first-order valence-corrected chi connectivity index (χ1v) is 6.44. The van der Waals surface area contributed by atoms with Crippen LogP contribution in [0, 0.1) is 6.92 Å². The monoisotopic (exact) mass is 251 g/mol. The molecule has 1 aromatic carbocycles. The zero-order valence-electron chi connectivity index (χ0n) is 11.0. The van der Waals surface area contributed by atoms with E-state index >= 15 is 0 Å². The van der Waals surface area contributed by atoms with E-state index in [4.69, 9.17) is 5.73 Å². The standard InChI is InChI=1S/C16H17N3/c1-12-6-14(10-18-9-12)11-19-5-4-15-7-13(8-17)2-3-16(15)19/h2-7,9-10H,8,11,17H2,1H3. The van der Waals surface area contributed by atoms with Crippen LogP contribution in [0.4, 0.5) is 0 Å². The summed E-state index contributed by atoms with van der Waals surface area (Å²) in [5, 5.41) is 1.24. The van der Waals surface area contributed by atoms with Gasteiger partial charge in [0, 0.05) is 37.2 Å². The number of benzene rings is 1. The lowest BCUT2D eigenvalue weighted by atomic mass is 10.1. The van der Waals surface area contributed by atoms with Gasteiger partial charge >= 0.3 is 0 Å². The van der Waals surface area contributed by atoms with E-state index in [1.165, 1.54) is 27.6 Å². The number of rotatable bonds is 3. The Morgan fingerprint density at radius 1 is 1.11 bits per heavy atom. The van der Waals surface area contributed by atoms with Crippen molar-refractivity contribution < 1.29 is 0 Å². The second kappa shape index (κ2) is 4.86. The molecule has 3 nitrogen and oxygen atoms in total. The van der Waals surface area contributed by atoms with Crippen LogP contribution in [0.1, 0.15) is 16.7 Å². The average molecular weight is 251 g/mol. The molecular weight excluding hydrogens is 234 g/mol. The Morgan fingerprint density at radius 2 is 2.00 bits per heavy atom. The summed E-state index contributed by atoms with van der Waals surface area (Å²) < 4.78 is 2.24. The summed E-state index contributed by atoms with van der Waals surface area (Å²) in [6, 6.07) is 10.7. The van der Waals surface area contributed by atoms with Crippen molar-refractivity contribution in [1.82, 2.24) is 9.55 Å². The lowest BCUT2D eigenvalue weighted by Gasteiger charge is -2.06. The van der Waals surface area contributed by atoms with E-state index in [0.29, 0.717) is 6.54 Å². The third-order valence-electron chi connectivity index (χ3n) is 3.36. The summed E-state index contributed by atoms with van der Waals surface area (Å²) in [6.07, 6.45) is 5.92. The summed E-state index contributed by atoms with van der Waals surface area (Å²) in [5.74, 6) is 0. The van der Waals surface area contributed by atoms with Crippen LogP contribution in [0.2, 0.25) is 0 Å². The molecule has 0 saturated heterocycles. The minimum absolute atomic E-state index is 0.586. The van der Waals surface area contributed by atoms with Crippen molar-refractivity contribution in [3.05, 3.63) is 65.6 Å². The number of aromatic nitrogens is 2. The van der Waals surface area contributed by atoms with Gasteiger partial charge in [-0.25, -0.2) is 0 Å². The van der Waals surface area contributed by atoms with Gasteiger partial charge in [-0.15, -0.1) is 0 Å². The molecule has 0 aliphatic rings. The van der Waals surface area contributed by atoms with Gasteiger partial charge in [-0.1, -0.05) is 12.1 Å². The first-order valence-electron chi connectivity index (χ1n) is 6.44. The number of fused-ring (bicyclic) bond motifs is 1. The Hall–Kier alpha value is -2.13. The van der Waals surface area contributed by atoms with Gasteiger partial charge in [0.1, 0.15) is 0 Å². The fraction of sp³-hybridized carbons (Fsp3) is 0.188. The van der Waals surface area contributed by atoms with Crippen molar-refractivity contribution in [2.45, 2.75) is 20.0 Å². The molecule has 0 atom stereocenters. The van der Waals surface area contributed by atoms with Crippen molar-refractivity contribution in [3.63, 3.8) is 0 Å². The molecule has 0 aliphatic heterocycles. The molecule has 0 unspecified atom stereocenters. The average Bonchev–Trinajstić information content (AvgIpc) is 2.81. The predicted molar refractivity (Wildman–Crippen MR) is 77.9 cm³/mol. The summed E-state index contributed by atoms with van der Waals surface area (Å²) in [7, 11) is 0. The van der Waals surface area contributed by atoms with Gasteiger partial charge in [-0.2, -0.15) is 0 Å². The number of nitrogens with two attached hydrogens (primary N) is 1. The Balaban J connectivity index is 1.97. The summed E-state index contributed by atoms with van der Waals surface area (Å²) in [6.45, 7) is 3.50. The van der Waals surface area contributed by atoms with E-state index in [9.17, 15) is 0 Å². The van der Waals surface area contributed by atoms with Gasteiger partial charge in [0.15, 0.2) is 0 Å². The fourth-order valence-electron chi connectivity index (χ4n) is 2.42. The first-order chi connectivity index (χ1) is 9.26. The smallest absolute Gasteiger partial charge is 0.0491 e. The van der Waals surface area contributed by atoms with Crippen LogP contribution >= 0.6 is 0 Å². The molecule has 0 radical (unpaired) electrons. The van der Waals surface area contributed by atoms with Crippen LogP contribution in [0.25, 0.3) is 10.9 Å². The molecule has 0 saturated carbocycles. The third kappa shape index (κ3) is 2.37. The second-order valence-corrected chi connectivity index (χ2v) is 4.91. The highest BCUT2D eigenvalue weighted by Gasteiger charge is 2.03. The molecule has 2 N–H and O–H groups in total. The Kier molecular flexibility index (Phi) is 3.05. The molecule has 2 aromatic heterocycles. The van der Waals surface area contributed by atoms with E-state index in [-0.39, 0.29) is 0 Å². The number of aryl methyl sites for hydroxylation is 1. The maximum atomic E-state index is 5.67. The Labute approximate surface area is 112 Å². The molecule has 19 heavy (non-hydrogen) atoms. The fourth-order valence-corrected chi connectivity index (χ4v) is 2.42. The van der Waals surface area contributed by atoms with Gasteiger partial charge in [-0.05, 0) is 47.2 Å². The molecule has 3 heteroatoms. The van der Waals surface area contributed by atoms with E-state index in [1.807, 2.05) is 12.4 Å². The van der Waals surface area contributed by atoms with E-state index in [0.717, 1.165) is 6.54 Å². The summed E-state index contributed by atoms with van der Waals surface area (Å²) in [4.78, 5) is 4.24. The zero-order chi connectivity index (χ0) is 13.2. The molecule has 96 valence electrons. The SMILES string of the molecule is Cc1cncc(Cn2ccc3cc(CN)ccc32)c1. The van der Waals surface area contributed by atoms with Gasteiger partial charge in [0.2, 0.25) is 0 Å². The second-order valence-electron chi connectivity index (χ2n) is 4.91. The zero-order valence-corrected chi connectivity index (χ0v) is 11.0. The largest absolute Gasteiger partial charge is 0.343 e. The van der Waals surface area contributed by atoms with Crippen molar-refractivity contribution in [2.24, 2.45) is 5.73 Å². The first kappa shape index (κ1) is 11.9. The normalized spacial score (nSPS) is 11.1. The molecule has 2 heterocycles. The quantitative estimate of drug-likeness (QED) is 0.778. The number of hydrogen-bond acceptors (Lipinski definition) is 2. The van der Waals surface area contributed by atoms with Crippen molar-refractivity contribution in [3.8, 4) is 0 Å². The molecular formula is C16H17N3. The van der Waals surface area contributed by atoms with Crippen molar-refractivity contribution >= 4 is 10.9 Å². The van der Waals surface area contributed by atoms with Crippen LogP contribution in [0.3, 0.4) is 0 Å². The number of pyridine rings is 1. The maximum absolute atomic E-state index is 5.67. The maximum Gasteiger partial charge on any atom is 0.0491 e. The lowest BCUT2D eigenvalue weighted by molar-refractivity contribution is 0.830.